The molecular formula is C23H23ClN4OS2. The third kappa shape index (κ3) is 5.93. The monoisotopic (exact) mass is 470 g/mol. The van der Waals surface area contributed by atoms with E-state index in [4.69, 9.17) is 11.6 Å². The van der Waals surface area contributed by atoms with Gasteiger partial charge in [0.2, 0.25) is 5.91 Å². The number of hydrogen-bond donors (Lipinski definition) is 0. The molecule has 0 N–H and O–H groups in total. The second-order valence-corrected chi connectivity index (χ2v) is 9.68. The van der Waals surface area contributed by atoms with Crippen LogP contribution < -0.4 is 4.90 Å². The molecule has 160 valence electrons. The summed E-state index contributed by atoms with van der Waals surface area (Å²) >= 11 is 9.14. The van der Waals surface area contributed by atoms with E-state index < -0.39 is 0 Å². The van der Waals surface area contributed by atoms with Gasteiger partial charge >= 0.3 is 0 Å². The van der Waals surface area contributed by atoms with Crippen molar-refractivity contribution < 1.29 is 4.79 Å². The van der Waals surface area contributed by atoms with Crippen LogP contribution in [-0.4, -0.2) is 52.7 Å². The average Bonchev–Trinajstić information content (AvgIpc) is 2.78. The molecule has 1 aliphatic heterocycles. The highest BCUT2D eigenvalue weighted by Crippen LogP contribution is 2.33. The predicted octanol–water partition coefficient (Wildman–Crippen LogP) is 5.03. The number of carbonyl (C=O) groups is 1. The molecule has 3 aromatic rings. The van der Waals surface area contributed by atoms with Crippen molar-refractivity contribution in [1.82, 2.24) is 14.9 Å². The summed E-state index contributed by atoms with van der Waals surface area (Å²) in [5, 5.41) is 2.35. The summed E-state index contributed by atoms with van der Waals surface area (Å²) in [4.78, 5) is 27.0. The zero-order valence-corrected chi connectivity index (χ0v) is 19.6. The van der Waals surface area contributed by atoms with E-state index in [1.807, 2.05) is 29.2 Å². The van der Waals surface area contributed by atoms with Crippen LogP contribution in [0.4, 0.5) is 5.69 Å². The normalized spacial score (nSPS) is 14.0. The van der Waals surface area contributed by atoms with Crippen LogP contribution in [0.3, 0.4) is 0 Å². The highest BCUT2D eigenvalue weighted by molar-refractivity contribution is 8.02. The summed E-state index contributed by atoms with van der Waals surface area (Å²) in [5.74, 6) is 0.491. The van der Waals surface area contributed by atoms with Crippen molar-refractivity contribution in [3.8, 4) is 0 Å². The van der Waals surface area contributed by atoms with Gasteiger partial charge in [0.25, 0.3) is 0 Å². The summed E-state index contributed by atoms with van der Waals surface area (Å²) in [5.41, 5.74) is 2.31. The van der Waals surface area contributed by atoms with Gasteiger partial charge in [-0.3, -0.25) is 4.79 Å². The van der Waals surface area contributed by atoms with Gasteiger partial charge in [0.05, 0.1) is 5.75 Å². The number of benzene rings is 2. The molecule has 1 amide bonds. The van der Waals surface area contributed by atoms with Crippen LogP contribution in [0, 0.1) is 6.92 Å². The van der Waals surface area contributed by atoms with E-state index in [0.29, 0.717) is 18.8 Å². The first-order valence-corrected chi connectivity index (χ1v) is 12.2. The number of amides is 1. The zero-order valence-electron chi connectivity index (χ0n) is 17.2. The largest absolute Gasteiger partial charge is 0.368 e. The Morgan fingerprint density at radius 2 is 1.74 bits per heavy atom. The smallest absolute Gasteiger partial charge is 0.233 e. The number of piperazine rings is 1. The van der Waals surface area contributed by atoms with Crippen LogP contribution in [0.15, 0.2) is 75.9 Å². The lowest BCUT2D eigenvalue weighted by Crippen LogP contribution is -2.49. The lowest BCUT2D eigenvalue weighted by molar-refractivity contribution is -0.128. The molecule has 0 bridgehead atoms. The first-order valence-electron chi connectivity index (χ1n) is 10.0. The van der Waals surface area contributed by atoms with Gasteiger partial charge < -0.3 is 9.80 Å². The molecule has 0 radical (unpaired) electrons. The standard InChI is InChI=1S/C23H23ClN4OS2/c1-17-4-2-7-20(14-17)31-23-22(25-8-9-26-23)30-16-21(29)28-12-10-27(11-13-28)19-6-3-5-18(24)15-19/h2-9,14-15H,10-13,16H2,1H3. The molecule has 8 heteroatoms. The molecule has 0 aliphatic carbocycles. The lowest BCUT2D eigenvalue weighted by atomic mass is 10.2. The summed E-state index contributed by atoms with van der Waals surface area (Å²) in [7, 11) is 0. The minimum Gasteiger partial charge on any atom is -0.368 e. The Morgan fingerprint density at radius 1 is 1.00 bits per heavy atom. The number of hydrogen-bond acceptors (Lipinski definition) is 6. The van der Waals surface area contributed by atoms with E-state index in [-0.39, 0.29) is 5.91 Å². The quantitative estimate of drug-likeness (QED) is 0.471. The van der Waals surface area contributed by atoms with Gasteiger partial charge in [0, 0.05) is 54.2 Å². The third-order valence-electron chi connectivity index (χ3n) is 4.98. The van der Waals surface area contributed by atoms with Gasteiger partial charge in [-0.05, 0) is 37.3 Å². The molecule has 0 unspecified atom stereocenters. The van der Waals surface area contributed by atoms with E-state index in [9.17, 15) is 4.79 Å². The van der Waals surface area contributed by atoms with Crippen LogP contribution in [-0.2, 0) is 4.79 Å². The Labute approximate surface area is 196 Å². The Morgan fingerprint density at radius 3 is 2.48 bits per heavy atom. The number of aromatic nitrogens is 2. The summed E-state index contributed by atoms with van der Waals surface area (Å²) < 4.78 is 0. The van der Waals surface area contributed by atoms with Crippen LogP contribution in [0.2, 0.25) is 5.02 Å². The van der Waals surface area contributed by atoms with E-state index in [1.165, 1.54) is 17.3 Å². The molecule has 2 heterocycles. The highest BCUT2D eigenvalue weighted by atomic mass is 35.5. The molecule has 5 nitrogen and oxygen atoms in total. The Kier molecular flexibility index (Phi) is 7.37. The fraction of sp³-hybridized carbons (Fsp3) is 0.261. The van der Waals surface area contributed by atoms with Gasteiger partial charge in [-0.2, -0.15) is 0 Å². The molecule has 0 spiro atoms. The number of nitrogens with zero attached hydrogens (tertiary/aromatic N) is 4. The van der Waals surface area contributed by atoms with Crippen molar-refractivity contribution in [2.24, 2.45) is 0 Å². The van der Waals surface area contributed by atoms with Crippen molar-refractivity contribution in [2.45, 2.75) is 21.9 Å². The minimum atomic E-state index is 0.132. The third-order valence-corrected chi connectivity index (χ3v) is 7.28. The van der Waals surface area contributed by atoms with Crippen LogP contribution in [0.1, 0.15) is 5.56 Å². The zero-order chi connectivity index (χ0) is 21.6. The molecular weight excluding hydrogens is 448 g/mol. The van der Waals surface area contributed by atoms with Crippen LogP contribution in [0.5, 0.6) is 0 Å². The van der Waals surface area contributed by atoms with Gasteiger partial charge in [0.15, 0.2) is 0 Å². The first kappa shape index (κ1) is 22.0. The van der Waals surface area contributed by atoms with Crippen molar-refractivity contribution in [3.05, 3.63) is 71.5 Å². The maximum absolute atomic E-state index is 12.8. The van der Waals surface area contributed by atoms with E-state index in [2.05, 4.69) is 46.1 Å². The number of anilines is 1. The SMILES string of the molecule is Cc1cccc(Sc2nccnc2SCC(=O)N2CCN(c3cccc(Cl)c3)CC2)c1. The van der Waals surface area contributed by atoms with Crippen LogP contribution >= 0.6 is 35.1 Å². The second-order valence-electron chi connectivity index (χ2n) is 7.22. The van der Waals surface area contributed by atoms with Gasteiger partial charge in [-0.15, -0.1) is 0 Å². The topological polar surface area (TPSA) is 49.3 Å². The van der Waals surface area contributed by atoms with Gasteiger partial charge in [0.1, 0.15) is 10.1 Å². The van der Waals surface area contributed by atoms with Crippen LogP contribution in [0.25, 0.3) is 0 Å². The predicted molar refractivity (Wildman–Crippen MR) is 128 cm³/mol. The molecule has 2 aromatic carbocycles. The van der Waals surface area contributed by atoms with E-state index in [0.717, 1.165) is 38.7 Å². The van der Waals surface area contributed by atoms with Crippen molar-refractivity contribution in [2.75, 3.05) is 36.8 Å². The number of carbonyl (C=O) groups excluding carboxylic acids is 1. The fourth-order valence-corrected chi connectivity index (χ4v) is 5.49. The number of halogens is 1. The van der Waals surface area contributed by atoms with E-state index in [1.54, 1.807) is 24.2 Å². The Bertz CT molecular complexity index is 1060. The number of aryl methyl sites for hydroxylation is 1. The molecule has 0 saturated carbocycles. The van der Waals surface area contributed by atoms with Crippen molar-refractivity contribution >= 4 is 46.7 Å². The Hall–Kier alpha value is -2.22. The van der Waals surface area contributed by atoms with Crippen molar-refractivity contribution in [1.29, 1.82) is 0 Å². The lowest BCUT2D eigenvalue weighted by Gasteiger charge is -2.36. The molecule has 1 fully saturated rings. The fourth-order valence-electron chi connectivity index (χ4n) is 3.38. The Balaban J connectivity index is 1.32. The molecule has 4 rings (SSSR count). The number of thioether (sulfide) groups is 1. The summed E-state index contributed by atoms with van der Waals surface area (Å²) in [6, 6.07) is 16.1. The number of rotatable bonds is 6. The maximum atomic E-state index is 12.8. The van der Waals surface area contributed by atoms with Gasteiger partial charge in [-0.1, -0.05) is 58.9 Å². The molecule has 31 heavy (non-hydrogen) atoms. The highest BCUT2D eigenvalue weighted by Gasteiger charge is 2.22. The average molecular weight is 471 g/mol. The summed E-state index contributed by atoms with van der Waals surface area (Å²) in [6.45, 7) is 5.09. The minimum absolute atomic E-state index is 0.132. The van der Waals surface area contributed by atoms with Crippen molar-refractivity contribution in [3.63, 3.8) is 0 Å². The molecule has 1 aliphatic rings. The second kappa shape index (κ2) is 10.4. The summed E-state index contributed by atoms with van der Waals surface area (Å²) in [6.07, 6.45) is 3.37. The van der Waals surface area contributed by atoms with E-state index >= 15 is 0 Å². The van der Waals surface area contributed by atoms with Gasteiger partial charge in [-0.25, -0.2) is 9.97 Å². The first-order chi connectivity index (χ1) is 15.1. The molecule has 1 aromatic heterocycles. The molecule has 0 atom stereocenters. The molecule has 1 saturated heterocycles. The maximum Gasteiger partial charge on any atom is 0.233 e.